The lowest BCUT2D eigenvalue weighted by atomic mass is 10.5. The predicted octanol–water partition coefficient (Wildman–Crippen LogP) is 0.929. The number of aromatic amines is 1. The molecule has 1 aromatic rings. The van der Waals surface area contributed by atoms with E-state index in [4.69, 9.17) is 5.11 Å². The Kier molecular flexibility index (Phi) is 3.98. The molecular weight excluding hydrogens is 168 g/mol. The van der Waals surface area contributed by atoms with Crippen molar-refractivity contribution in [2.45, 2.75) is 0 Å². The van der Waals surface area contributed by atoms with E-state index in [1.807, 2.05) is 0 Å². The molecule has 0 atom stereocenters. The van der Waals surface area contributed by atoms with Crippen LogP contribution in [0.4, 0.5) is 0 Å². The fraction of sp³-hybridized carbons (Fsp3) is 0. The number of aliphatic carboxylic acids is 1. The number of rotatable bonds is 2. The van der Waals surface area contributed by atoms with Crippen molar-refractivity contribution in [2.24, 2.45) is 0 Å². The van der Waals surface area contributed by atoms with Crippen molar-refractivity contribution >= 4 is 24.5 Å². The lowest BCUT2D eigenvalue weighted by Crippen LogP contribution is -1.85. The topological polar surface area (TPSA) is 66.0 Å². The Morgan fingerprint density at radius 3 is 2.91 bits per heavy atom. The van der Waals surface area contributed by atoms with Crippen LogP contribution in [0.15, 0.2) is 18.5 Å². The van der Waals surface area contributed by atoms with Gasteiger partial charge in [-0.1, -0.05) is 0 Å². The maximum atomic E-state index is 9.97. The number of carbonyl (C=O) groups is 1. The van der Waals surface area contributed by atoms with E-state index in [0.29, 0.717) is 5.82 Å². The maximum absolute atomic E-state index is 9.97. The van der Waals surface area contributed by atoms with E-state index in [9.17, 15) is 4.79 Å². The van der Waals surface area contributed by atoms with Crippen LogP contribution in [0.1, 0.15) is 5.82 Å². The van der Waals surface area contributed by atoms with Crippen molar-refractivity contribution in [1.29, 1.82) is 0 Å². The average Bonchev–Trinajstić information content (AvgIpc) is 2.34. The van der Waals surface area contributed by atoms with Crippen LogP contribution < -0.4 is 0 Å². The van der Waals surface area contributed by atoms with E-state index < -0.39 is 5.97 Å². The lowest BCUT2D eigenvalue weighted by Gasteiger charge is -1.79. The first-order chi connectivity index (χ1) is 4.79. The van der Waals surface area contributed by atoms with Crippen LogP contribution in [-0.4, -0.2) is 21.0 Å². The minimum absolute atomic E-state index is 0. The Balaban J connectivity index is 0.000001000. The highest BCUT2D eigenvalue weighted by Crippen LogP contribution is 1.90. The molecule has 0 aliphatic heterocycles. The SMILES string of the molecule is Cl.O=C(O)C=Cc1ncc[nH]1. The van der Waals surface area contributed by atoms with Gasteiger partial charge in [0, 0.05) is 18.5 Å². The lowest BCUT2D eigenvalue weighted by molar-refractivity contribution is -0.131. The molecule has 1 heterocycles. The monoisotopic (exact) mass is 174 g/mol. The van der Waals surface area contributed by atoms with E-state index in [-0.39, 0.29) is 12.4 Å². The van der Waals surface area contributed by atoms with Crippen molar-refractivity contribution in [3.63, 3.8) is 0 Å². The molecule has 0 unspecified atom stereocenters. The number of aromatic nitrogens is 2. The van der Waals surface area contributed by atoms with Crippen LogP contribution in [0.3, 0.4) is 0 Å². The molecule has 0 radical (unpaired) electrons. The number of carboxylic acid groups (broad SMARTS) is 1. The van der Waals surface area contributed by atoms with Crippen molar-refractivity contribution in [3.05, 3.63) is 24.3 Å². The summed E-state index contributed by atoms with van der Waals surface area (Å²) in [6.07, 6.45) is 5.60. The van der Waals surface area contributed by atoms with Gasteiger partial charge in [0.25, 0.3) is 0 Å². The molecule has 11 heavy (non-hydrogen) atoms. The number of H-pyrrole nitrogens is 1. The molecule has 0 fully saturated rings. The summed E-state index contributed by atoms with van der Waals surface area (Å²) in [6.45, 7) is 0. The normalized spacial score (nSPS) is 9.45. The Morgan fingerprint density at radius 1 is 1.73 bits per heavy atom. The number of halogens is 1. The molecule has 4 nitrogen and oxygen atoms in total. The molecule has 60 valence electrons. The fourth-order valence-electron chi connectivity index (χ4n) is 0.519. The summed E-state index contributed by atoms with van der Waals surface area (Å²) in [4.78, 5) is 16.5. The molecule has 0 saturated carbocycles. The third kappa shape index (κ3) is 3.42. The van der Waals surface area contributed by atoms with Crippen LogP contribution in [-0.2, 0) is 4.79 Å². The second kappa shape index (κ2) is 4.51. The molecule has 1 rings (SSSR count). The summed E-state index contributed by atoms with van der Waals surface area (Å²) >= 11 is 0. The number of carboxylic acids is 1. The summed E-state index contributed by atoms with van der Waals surface area (Å²) in [5, 5.41) is 8.18. The molecule has 0 aliphatic carbocycles. The van der Waals surface area contributed by atoms with Crippen LogP contribution in [0, 0.1) is 0 Å². The van der Waals surface area contributed by atoms with Gasteiger partial charge in [-0.2, -0.15) is 0 Å². The summed E-state index contributed by atoms with van der Waals surface area (Å²) in [5.74, 6) is -0.432. The van der Waals surface area contributed by atoms with Crippen LogP contribution >= 0.6 is 12.4 Å². The Hall–Kier alpha value is -1.29. The van der Waals surface area contributed by atoms with E-state index in [1.165, 1.54) is 6.08 Å². The number of hydrogen-bond acceptors (Lipinski definition) is 2. The zero-order chi connectivity index (χ0) is 7.40. The van der Waals surface area contributed by atoms with E-state index in [2.05, 4.69) is 9.97 Å². The molecule has 0 aliphatic rings. The molecule has 2 N–H and O–H groups in total. The highest BCUT2D eigenvalue weighted by molar-refractivity contribution is 5.85. The summed E-state index contributed by atoms with van der Waals surface area (Å²) in [7, 11) is 0. The highest BCUT2D eigenvalue weighted by Gasteiger charge is 1.87. The standard InChI is InChI=1S/C6H6N2O2.ClH/c9-6(10)2-1-5-7-3-4-8-5;/h1-4H,(H,7,8)(H,9,10);1H. The van der Waals surface area contributed by atoms with Gasteiger partial charge < -0.3 is 10.1 Å². The van der Waals surface area contributed by atoms with Crippen molar-refractivity contribution in [3.8, 4) is 0 Å². The first-order valence-corrected chi connectivity index (χ1v) is 2.69. The Bertz CT molecular complexity index is 243. The summed E-state index contributed by atoms with van der Waals surface area (Å²) in [6, 6.07) is 0. The molecular formula is C6H7ClN2O2. The third-order valence-electron chi connectivity index (χ3n) is 0.903. The van der Waals surface area contributed by atoms with Gasteiger partial charge in [-0.25, -0.2) is 9.78 Å². The van der Waals surface area contributed by atoms with Crippen LogP contribution in [0.5, 0.6) is 0 Å². The van der Waals surface area contributed by atoms with Crippen LogP contribution in [0.25, 0.3) is 6.08 Å². The Morgan fingerprint density at radius 2 is 2.45 bits per heavy atom. The van der Waals surface area contributed by atoms with E-state index in [1.54, 1.807) is 12.4 Å². The first-order valence-electron chi connectivity index (χ1n) is 2.69. The minimum atomic E-state index is -0.976. The zero-order valence-corrected chi connectivity index (χ0v) is 6.34. The quantitative estimate of drug-likeness (QED) is 0.656. The van der Waals surface area contributed by atoms with Crippen LogP contribution in [0.2, 0.25) is 0 Å². The molecule has 0 spiro atoms. The highest BCUT2D eigenvalue weighted by atomic mass is 35.5. The maximum Gasteiger partial charge on any atom is 0.328 e. The molecule has 5 heteroatoms. The molecule has 0 amide bonds. The molecule has 0 aromatic carbocycles. The Labute approximate surface area is 69.4 Å². The minimum Gasteiger partial charge on any atom is -0.478 e. The number of nitrogens with zero attached hydrogens (tertiary/aromatic N) is 1. The van der Waals surface area contributed by atoms with E-state index >= 15 is 0 Å². The van der Waals surface area contributed by atoms with Gasteiger partial charge in [0.15, 0.2) is 0 Å². The van der Waals surface area contributed by atoms with E-state index in [0.717, 1.165) is 6.08 Å². The molecule has 0 saturated heterocycles. The van der Waals surface area contributed by atoms with Gasteiger partial charge >= 0.3 is 5.97 Å². The third-order valence-corrected chi connectivity index (χ3v) is 0.903. The second-order valence-electron chi connectivity index (χ2n) is 1.65. The van der Waals surface area contributed by atoms with Crippen molar-refractivity contribution in [2.75, 3.05) is 0 Å². The van der Waals surface area contributed by atoms with Gasteiger partial charge in [-0.05, 0) is 6.08 Å². The van der Waals surface area contributed by atoms with Crippen molar-refractivity contribution in [1.82, 2.24) is 9.97 Å². The predicted molar refractivity (Wildman–Crippen MR) is 42.5 cm³/mol. The van der Waals surface area contributed by atoms with Gasteiger partial charge in [-0.3, -0.25) is 0 Å². The van der Waals surface area contributed by atoms with Gasteiger partial charge in [0.05, 0.1) is 0 Å². The second-order valence-corrected chi connectivity index (χ2v) is 1.65. The fourth-order valence-corrected chi connectivity index (χ4v) is 0.519. The van der Waals surface area contributed by atoms with Crippen molar-refractivity contribution < 1.29 is 9.90 Å². The van der Waals surface area contributed by atoms with Gasteiger partial charge in [0.2, 0.25) is 0 Å². The smallest absolute Gasteiger partial charge is 0.328 e. The molecule has 1 aromatic heterocycles. The molecule has 0 bridgehead atoms. The number of hydrogen-bond donors (Lipinski definition) is 2. The number of imidazole rings is 1. The number of nitrogens with one attached hydrogen (secondary N) is 1. The van der Waals surface area contributed by atoms with Gasteiger partial charge in [-0.15, -0.1) is 12.4 Å². The largest absolute Gasteiger partial charge is 0.478 e. The first kappa shape index (κ1) is 9.71. The summed E-state index contributed by atoms with van der Waals surface area (Å²) in [5.41, 5.74) is 0. The average molecular weight is 175 g/mol. The zero-order valence-electron chi connectivity index (χ0n) is 5.52. The van der Waals surface area contributed by atoms with Gasteiger partial charge in [0.1, 0.15) is 5.82 Å². The summed E-state index contributed by atoms with van der Waals surface area (Å²) < 4.78 is 0.